The van der Waals surface area contributed by atoms with Gasteiger partial charge in [0.25, 0.3) is 0 Å². The topological polar surface area (TPSA) is 60.2 Å². The molecule has 13 heavy (non-hydrogen) atoms. The Hall–Kier alpha value is -0.230. The second-order valence-electron chi connectivity index (χ2n) is 3.50. The number of rotatable bonds is 1. The van der Waals surface area contributed by atoms with E-state index in [1.807, 2.05) is 0 Å². The zero-order valence-electron chi connectivity index (χ0n) is 7.17. The molecule has 1 aliphatic rings. The summed E-state index contributed by atoms with van der Waals surface area (Å²) in [5.41, 5.74) is 0. The first-order chi connectivity index (χ1) is 5.81. The largest absolute Gasteiger partial charge is 0.248 e. The zero-order valence-corrected chi connectivity index (χ0v) is 7.99. The zero-order chi connectivity index (χ0) is 10.1. The van der Waals surface area contributed by atoms with Crippen molar-refractivity contribution in [1.29, 1.82) is 0 Å². The van der Waals surface area contributed by atoms with Crippen molar-refractivity contribution in [3.05, 3.63) is 0 Å². The van der Waals surface area contributed by atoms with Crippen molar-refractivity contribution in [2.24, 2.45) is 5.14 Å². The number of alkyl halides is 2. The van der Waals surface area contributed by atoms with E-state index in [1.165, 1.54) is 0 Å². The third kappa shape index (κ3) is 3.19. The Morgan fingerprint density at radius 3 is 2.38 bits per heavy atom. The molecule has 0 aromatic rings. The van der Waals surface area contributed by atoms with Crippen molar-refractivity contribution in [2.75, 3.05) is 0 Å². The highest BCUT2D eigenvalue weighted by atomic mass is 32.2. The first-order valence-corrected chi connectivity index (χ1v) is 5.82. The number of hydrogen-bond acceptors (Lipinski definition) is 2. The van der Waals surface area contributed by atoms with Gasteiger partial charge in [-0.25, -0.2) is 22.3 Å². The molecule has 0 aliphatic heterocycles. The number of primary sulfonamides is 1. The van der Waals surface area contributed by atoms with Crippen molar-refractivity contribution < 1.29 is 17.2 Å². The van der Waals surface area contributed by atoms with Crippen LogP contribution in [0, 0.1) is 0 Å². The molecule has 0 aromatic heterocycles. The Morgan fingerprint density at radius 1 is 1.23 bits per heavy atom. The minimum atomic E-state index is -3.63. The van der Waals surface area contributed by atoms with Crippen molar-refractivity contribution >= 4 is 10.0 Å². The van der Waals surface area contributed by atoms with Crippen LogP contribution in [0.3, 0.4) is 0 Å². The summed E-state index contributed by atoms with van der Waals surface area (Å²) in [5, 5.41) is 4.12. The predicted octanol–water partition coefficient (Wildman–Crippen LogP) is 1.24. The van der Waals surface area contributed by atoms with E-state index < -0.39 is 21.2 Å². The summed E-state index contributed by atoms with van der Waals surface area (Å²) < 4.78 is 47.3. The number of hydrogen-bond donors (Lipinski definition) is 1. The molecular formula is C7H13F2NO2S. The smallest absolute Gasteiger partial charge is 0.228 e. The van der Waals surface area contributed by atoms with E-state index >= 15 is 0 Å². The first-order valence-electron chi connectivity index (χ1n) is 4.21. The van der Waals surface area contributed by atoms with Gasteiger partial charge in [0.2, 0.25) is 15.9 Å². The molecule has 1 aliphatic carbocycles. The highest BCUT2D eigenvalue weighted by Gasteiger charge is 2.35. The summed E-state index contributed by atoms with van der Waals surface area (Å²) in [6, 6.07) is 0. The minimum Gasteiger partial charge on any atom is -0.228 e. The lowest BCUT2D eigenvalue weighted by molar-refractivity contribution is -0.0137. The monoisotopic (exact) mass is 213 g/mol. The van der Waals surface area contributed by atoms with Gasteiger partial charge in [-0.1, -0.05) is 0 Å². The van der Waals surface area contributed by atoms with E-state index in [4.69, 9.17) is 5.14 Å². The van der Waals surface area contributed by atoms with Crippen LogP contribution in [0.2, 0.25) is 0 Å². The average Bonchev–Trinajstić information content (AvgIpc) is 2.08. The van der Waals surface area contributed by atoms with Gasteiger partial charge < -0.3 is 0 Å². The lowest BCUT2D eigenvalue weighted by Gasteiger charge is -2.12. The molecule has 1 rings (SSSR count). The second-order valence-corrected chi connectivity index (χ2v) is 5.34. The van der Waals surface area contributed by atoms with E-state index in [0.29, 0.717) is 0 Å². The molecule has 3 nitrogen and oxygen atoms in total. The molecule has 78 valence electrons. The summed E-state index contributed by atoms with van der Waals surface area (Å²) in [6.07, 6.45) is -0.124. The fraction of sp³-hybridized carbons (Fsp3) is 1.00. The quantitative estimate of drug-likeness (QED) is 0.666. The molecule has 6 heteroatoms. The Bertz CT molecular complexity index is 276. The lowest BCUT2D eigenvalue weighted by Crippen LogP contribution is -2.28. The molecule has 0 bridgehead atoms. The van der Waals surface area contributed by atoms with Gasteiger partial charge in [0.15, 0.2) is 0 Å². The molecule has 0 spiro atoms. The summed E-state index contributed by atoms with van der Waals surface area (Å²) in [7, 11) is -3.63. The Labute approximate surface area is 76.4 Å². The van der Waals surface area contributed by atoms with Crippen LogP contribution < -0.4 is 5.14 Å². The average molecular weight is 213 g/mol. The second kappa shape index (κ2) is 3.49. The summed E-state index contributed by atoms with van der Waals surface area (Å²) in [6.45, 7) is 0. The van der Waals surface area contributed by atoms with Crippen molar-refractivity contribution in [3.63, 3.8) is 0 Å². The van der Waals surface area contributed by atoms with Crippen LogP contribution in [0.4, 0.5) is 8.78 Å². The van der Waals surface area contributed by atoms with Crippen LogP contribution in [0.25, 0.3) is 0 Å². The summed E-state index contributed by atoms with van der Waals surface area (Å²) in [5.74, 6) is -2.71. The highest BCUT2D eigenvalue weighted by molar-refractivity contribution is 7.89. The van der Waals surface area contributed by atoms with Crippen LogP contribution in [0.5, 0.6) is 0 Å². The Morgan fingerprint density at radius 2 is 1.85 bits per heavy atom. The van der Waals surface area contributed by atoms with E-state index in [9.17, 15) is 17.2 Å². The molecule has 2 N–H and O–H groups in total. The van der Waals surface area contributed by atoms with Crippen LogP contribution in [-0.4, -0.2) is 19.6 Å². The van der Waals surface area contributed by atoms with Gasteiger partial charge in [-0.3, -0.25) is 0 Å². The molecular weight excluding hydrogens is 200 g/mol. The molecule has 1 fully saturated rings. The van der Waals surface area contributed by atoms with Gasteiger partial charge in [-0.05, 0) is 19.3 Å². The molecule has 0 saturated heterocycles. The summed E-state index contributed by atoms with van der Waals surface area (Å²) in [4.78, 5) is 0. The highest BCUT2D eigenvalue weighted by Crippen LogP contribution is 2.33. The minimum absolute atomic E-state index is 0.0220. The number of nitrogens with two attached hydrogens (primary N) is 1. The molecule has 0 aromatic carbocycles. The van der Waals surface area contributed by atoms with Gasteiger partial charge in [0.1, 0.15) is 0 Å². The summed E-state index contributed by atoms with van der Waals surface area (Å²) >= 11 is 0. The number of halogens is 2. The third-order valence-electron chi connectivity index (χ3n) is 2.37. The number of sulfonamides is 1. The molecule has 1 atom stereocenters. The molecule has 0 heterocycles. The van der Waals surface area contributed by atoms with E-state index in [0.717, 1.165) is 0 Å². The van der Waals surface area contributed by atoms with Crippen LogP contribution in [0.1, 0.15) is 32.1 Å². The molecule has 0 amide bonds. The van der Waals surface area contributed by atoms with Gasteiger partial charge >= 0.3 is 0 Å². The van der Waals surface area contributed by atoms with Gasteiger partial charge in [0.05, 0.1) is 5.25 Å². The maximum absolute atomic E-state index is 12.8. The maximum atomic E-state index is 12.8. The lowest BCUT2D eigenvalue weighted by atomic mass is 10.1. The van der Waals surface area contributed by atoms with E-state index in [-0.39, 0.29) is 32.1 Å². The van der Waals surface area contributed by atoms with Crippen LogP contribution in [0.15, 0.2) is 0 Å². The Balaban J connectivity index is 2.66. The third-order valence-corrected chi connectivity index (χ3v) is 3.77. The van der Waals surface area contributed by atoms with Crippen molar-refractivity contribution in [1.82, 2.24) is 0 Å². The fourth-order valence-corrected chi connectivity index (χ4v) is 2.50. The van der Waals surface area contributed by atoms with Gasteiger partial charge in [-0.15, -0.1) is 0 Å². The predicted molar refractivity (Wildman–Crippen MR) is 44.9 cm³/mol. The Kier molecular flexibility index (Phi) is 2.91. The van der Waals surface area contributed by atoms with Crippen molar-refractivity contribution in [3.8, 4) is 0 Å². The first kappa shape index (κ1) is 10.8. The van der Waals surface area contributed by atoms with Crippen molar-refractivity contribution in [2.45, 2.75) is 43.3 Å². The van der Waals surface area contributed by atoms with E-state index in [2.05, 4.69) is 0 Å². The van der Waals surface area contributed by atoms with Crippen LogP contribution >= 0.6 is 0 Å². The SMILES string of the molecule is NS(=O)(=O)C1CCCC(F)(F)CC1. The van der Waals surface area contributed by atoms with Gasteiger partial charge in [-0.2, -0.15) is 0 Å². The standard InChI is InChI=1S/C7H13F2NO2S/c8-7(9)4-1-2-6(3-5-7)13(10,11)12/h6H,1-5H2,(H2,10,11,12). The normalized spacial score (nSPS) is 29.6. The molecule has 0 radical (unpaired) electrons. The molecule has 1 saturated carbocycles. The van der Waals surface area contributed by atoms with Crippen LogP contribution in [-0.2, 0) is 10.0 Å². The molecule has 1 unspecified atom stereocenters. The van der Waals surface area contributed by atoms with Gasteiger partial charge in [0, 0.05) is 12.8 Å². The maximum Gasteiger partial charge on any atom is 0.248 e. The fourth-order valence-electron chi connectivity index (χ4n) is 1.56. The van der Waals surface area contributed by atoms with E-state index in [1.54, 1.807) is 0 Å².